The maximum Gasteiger partial charge on any atom is 0.338 e. The topological polar surface area (TPSA) is 64.6 Å². The highest BCUT2D eigenvalue weighted by Crippen LogP contribution is 2.17. The zero-order valence-electron chi connectivity index (χ0n) is 14.1. The molecule has 25 heavy (non-hydrogen) atoms. The lowest BCUT2D eigenvalue weighted by atomic mass is 10.1. The Balaban J connectivity index is 1.87. The van der Waals surface area contributed by atoms with Crippen LogP contribution in [0.5, 0.6) is 0 Å². The van der Waals surface area contributed by atoms with E-state index in [2.05, 4.69) is 5.32 Å². The standard InChI is InChI=1S/C19H20ClNO4/c1-13(15-6-4-8-17(20)10-15)21-18(22)12-25-19(23)16-7-3-5-14(9-16)11-24-2/h3-10,13H,11-12H2,1-2H3,(H,21,22). The molecule has 1 unspecified atom stereocenters. The van der Waals surface area contributed by atoms with E-state index in [1.54, 1.807) is 37.4 Å². The van der Waals surface area contributed by atoms with Crippen LogP contribution in [0.1, 0.15) is 34.5 Å². The van der Waals surface area contributed by atoms with E-state index in [1.807, 2.05) is 25.1 Å². The molecule has 0 spiro atoms. The molecule has 2 aromatic carbocycles. The maximum absolute atomic E-state index is 12.0. The number of amides is 1. The first-order valence-electron chi connectivity index (χ1n) is 7.79. The highest BCUT2D eigenvalue weighted by atomic mass is 35.5. The van der Waals surface area contributed by atoms with Crippen molar-refractivity contribution in [1.82, 2.24) is 5.32 Å². The number of esters is 1. The summed E-state index contributed by atoms with van der Waals surface area (Å²) in [6.45, 7) is 1.89. The van der Waals surface area contributed by atoms with Crippen molar-refractivity contribution in [2.24, 2.45) is 0 Å². The molecule has 132 valence electrons. The van der Waals surface area contributed by atoms with Crippen molar-refractivity contribution in [2.75, 3.05) is 13.7 Å². The Kier molecular flexibility index (Phi) is 6.98. The van der Waals surface area contributed by atoms with Gasteiger partial charge in [0.2, 0.25) is 0 Å². The number of benzene rings is 2. The molecule has 1 atom stereocenters. The molecule has 0 aliphatic carbocycles. The summed E-state index contributed by atoms with van der Waals surface area (Å²) in [5.41, 5.74) is 2.11. The molecule has 1 amide bonds. The number of rotatable bonds is 7. The number of halogens is 1. The van der Waals surface area contributed by atoms with Gasteiger partial charge in [-0.3, -0.25) is 4.79 Å². The number of carbonyl (C=O) groups excluding carboxylic acids is 2. The molecule has 6 heteroatoms. The van der Waals surface area contributed by atoms with Gasteiger partial charge in [-0.2, -0.15) is 0 Å². The second kappa shape index (κ2) is 9.20. The molecule has 0 saturated heterocycles. The van der Waals surface area contributed by atoms with Gasteiger partial charge >= 0.3 is 5.97 Å². The van der Waals surface area contributed by atoms with Gasteiger partial charge in [0.25, 0.3) is 5.91 Å². The third-order valence-electron chi connectivity index (χ3n) is 3.53. The highest BCUT2D eigenvalue weighted by Gasteiger charge is 2.13. The number of methoxy groups -OCH3 is 1. The smallest absolute Gasteiger partial charge is 0.338 e. The molecule has 0 radical (unpaired) electrons. The van der Waals surface area contributed by atoms with E-state index in [4.69, 9.17) is 21.1 Å². The molecular formula is C19H20ClNO4. The van der Waals surface area contributed by atoms with Crippen molar-refractivity contribution in [2.45, 2.75) is 19.6 Å². The fraction of sp³-hybridized carbons (Fsp3) is 0.263. The van der Waals surface area contributed by atoms with Crippen LogP contribution in [0.2, 0.25) is 5.02 Å². The van der Waals surface area contributed by atoms with Gasteiger partial charge in [0.05, 0.1) is 18.2 Å². The first-order valence-corrected chi connectivity index (χ1v) is 8.17. The zero-order chi connectivity index (χ0) is 18.2. The van der Waals surface area contributed by atoms with E-state index < -0.39 is 5.97 Å². The Morgan fingerprint density at radius 3 is 2.64 bits per heavy atom. The third-order valence-corrected chi connectivity index (χ3v) is 3.77. The SMILES string of the molecule is COCc1cccc(C(=O)OCC(=O)NC(C)c2cccc(Cl)c2)c1. The lowest BCUT2D eigenvalue weighted by Crippen LogP contribution is -2.31. The Morgan fingerprint density at radius 1 is 1.16 bits per heavy atom. The Labute approximate surface area is 151 Å². The minimum atomic E-state index is -0.552. The number of carbonyl (C=O) groups is 2. The molecule has 2 aromatic rings. The average molecular weight is 362 g/mol. The molecular weight excluding hydrogens is 342 g/mol. The van der Waals surface area contributed by atoms with Crippen LogP contribution in [0.3, 0.4) is 0 Å². The minimum absolute atomic E-state index is 0.241. The van der Waals surface area contributed by atoms with Crippen molar-refractivity contribution in [3.8, 4) is 0 Å². The maximum atomic E-state index is 12.0. The van der Waals surface area contributed by atoms with E-state index in [-0.39, 0.29) is 18.6 Å². The number of hydrogen-bond acceptors (Lipinski definition) is 4. The predicted molar refractivity (Wildman–Crippen MR) is 95.4 cm³/mol. The summed E-state index contributed by atoms with van der Waals surface area (Å²) in [5.74, 6) is -0.933. The minimum Gasteiger partial charge on any atom is -0.452 e. The molecule has 0 bridgehead atoms. The summed E-state index contributed by atoms with van der Waals surface area (Å²) < 4.78 is 10.1. The normalized spacial score (nSPS) is 11.6. The van der Waals surface area contributed by atoms with Gasteiger partial charge in [-0.15, -0.1) is 0 Å². The van der Waals surface area contributed by atoms with Crippen molar-refractivity contribution in [1.29, 1.82) is 0 Å². The lowest BCUT2D eigenvalue weighted by Gasteiger charge is -2.14. The fourth-order valence-corrected chi connectivity index (χ4v) is 2.51. The Morgan fingerprint density at radius 2 is 1.92 bits per heavy atom. The van der Waals surface area contributed by atoms with E-state index in [9.17, 15) is 9.59 Å². The van der Waals surface area contributed by atoms with Crippen LogP contribution in [-0.4, -0.2) is 25.6 Å². The van der Waals surface area contributed by atoms with E-state index >= 15 is 0 Å². The second-order valence-electron chi connectivity index (χ2n) is 5.55. The number of ether oxygens (including phenoxy) is 2. The molecule has 2 rings (SSSR count). The molecule has 0 saturated carbocycles. The fourth-order valence-electron chi connectivity index (χ4n) is 2.31. The largest absolute Gasteiger partial charge is 0.452 e. The van der Waals surface area contributed by atoms with E-state index in [1.165, 1.54) is 0 Å². The Bertz CT molecular complexity index is 748. The highest BCUT2D eigenvalue weighted by molar-refractivity contribution is 6.30. The summed E-state index contributed by atoms with van der Waals surface area (Å²) in [5, 5.41) is 3.37. The Hall–Kier alpha value is -2.37. The van der Waals surface area contributed by atoms with Gasteiger partial charge in [-0.05, 0) is 42.3 Å². The molecule has 0 aliphatic heterocycles. The molecule has 0 aromatic heterocycles. The number of hydrogen-bond donors (Lipinski definition) is 1. The van der Waals surface area contributed by atoms with Gasteiger partial charge in [-0.1, -0.05) is 35.9 Å². The zero-order valence-corrected chi connectivity index (χ0v) is 14.9. The molecule has 0 fully saturated rings. The van der Waals surface area contributed by atoms with Crippen molar-refractivity contribution >= 4 is 23.5 Å². The van der Waals surface area contributed by atoms with Gasteiger partial charge in [0.1, 0.15) is 0 Å². The number of nitrogens with one attached hydrogen (secondary N) is 1. The van der Waals surface area contributed by atoms with Crippen LogP contribution >= 0.6 is 11.6 Å². The second-order valence-corrected chi connectivity index (χ2v) is 5.99. The van der Waals surface area contributed by atoms with E-state index in [0.717, 1.165) is 11.1 Å². The molecule has 5 nitrogen and oxygen atoms in total. The van der Waals surface area contributed by atoms with Crippen LogP contribution < -0.4 is 5.32 Å². The summed E-state index contributed by atoms with van der Waals surface area (Å²) in [7, 11) is 1.58. The molecule has 0 aliphatic rings. The van der Waals surface area contributed by atoms with Crippen LogP contribution in [-0.2, 0) is 20.9 Å². The van der Waals surface area contributed by atoms with Gasteiger partial charge in [-0.25, -0.2) is 4.79 Å². The monoisotopic (exact) mass is 361 g/mol. The summed E-state index contributed by atoms with van der Waals surface area (Å²) in [4.78, 5) is 24.0. The first kappa shape index (κ1) is 19.0. The van der Waals surface area contributed by atoms with Crippen molar-refractivity contribution in [3.05, 3.63) is 70.2 Å². The van der Waals surface area contributed by atoms with E-state index in [0.29, 0.717) is 17.2 Å². The van der Waals surface area contributed by atoms with Crippen molar-refractivity contribution in [3.63, 3.8) is 0 Å². The molecule has 0 heterocycles. The van der Waals surface area contributed by atoms with Crippen LogP contribution in [0.25, 0.3) is 0 Å². The van der Waals surface area contributed by atoms with Crippen LogP contribution in [0, 0.1) is 0 Å². The molecule has 1 N–H and O–H groups in total. The quantitative estimate of drug-likeness (QED) is 0.766. The van der Waals surface area contributed by atoms with Crippen LogP contribution in [0.4, 0.5) is 0 Å². The van der Waals surface area contributed by atoms with Gasteiger partial charge in [0, 0.05) is 12.1 Å². The predicted octanol–water partition coefficient (Wildman–Crippen LogP) is 3.52. The summed E-state index contributed by atoms with van der Waals surface area (Å²) in [6, 6.07) is 13.9. The first-order chi connectivity index (χ1) is 12.0. The van der Waals surface area contributed by atoms with Crippen molar-refractivity contribution < 1.29 is 19.1 Å². The van der Waals surface area contributed by atoms with Gasteiger partial charge < -0.3 is 14.8 Å². The summed E-state index contributed by atoms with van der Waals surface area (Å²) >= 11 is 5.94. The van der Waals surface area contributed by atoms with Crippen LogP contribution in [0.15, 0.2) is 48.5 Å². The summed E-state index contributed by atoms with van der Waals surface area (Å²) in [6.07, 6.45) is 0. The van der Waals surface area contributed by atoms with Gasteiger partial charge in [0.15, 0.2) is 6.61 Å². The lowest BCUT2D eigenvalue weighted by molar-refractivity contribution is -0.124. The average Bonchev–Trinajstić information content (AvgIpc) is 2.60. The third kappa shape index (κ3) is 5.89.